The van der Waals surface area contributed by atoms with Gasteiger partial charge in [0, 0.05) is 17.4 Å². The Labute approximate surface area is 121 Å². The molecule has 1 heterocycles. The second kappa shape index (κ2) is 6.27. The molecule has 0 saturated carbocycles. The van der Waals surface area contributed by atoms with Crippen LogP contribution in [-0.4, -0.2) is 29.9 Å². The maximum atomic E-state index is 12.2. The lowest BCUT2D eigenvalue weighted by molar-refractivity contribution is -0.118. The summed E-state index contributed by atoms with van der Waals surface area (Å²) >= 11 is 0. The molecule has 2 rings (SSSR count). The van der Waals surface area contributed by atoms with E-state index in [2.05, 4.69) is 24.1 Å². The second-order valence-corrected chi connectivity index (χ2v) is 6.07. The number of nitrogens with two attached hydrogens (primary N) is 1. The summed E-state index contributed by atoms with van der Waals surface area (Å²) in [6, 6.07) is 6.04. The molecule has 4 nitrogen and oxygen atoms in total. The molecule has 3 N–H and O–H groups in total. The van der Waals surface area contributed by atoms with Crippen molar-refractivity contribution in [3.63, 3.8) is 0 Å². The first kappa shape index (κ1) is 14.9. The number of aryl methyl sites for hydroxylation is 1. The van der Waals surface area contributed by atoms with Gasteiger partial charge in [0.05, 0.1) is 6.54 Å². The van der Waals surface area contributed by atoms with Gasteiger partial charge in [0.1, 0.15) is 0 Å². The fourth-order valence-corrected chi connectivity index (χ4v) is 2.89. The van der Waals surface area contributed by atoms with Gasteiger partial charge in [-0.15, -0.1) is 0 Å². The summed E-state index contributed by atoms with van der Waals surface area (Å²) in [5.41, 5.74) is 8.29. The first-order valence-corrected chi connectivity index (χ1v) is 7.35. The van der Waals surface area contributed by atoms with Crippen LogP contribution in [0.4, 0.5) is 11.4 Å². The van der Waals surface area contributed by atoms with Crippen molar-refractivity contribution in [1.82, 2.24) is 4.90 Å². The standard InChI is InChI=1S/C16H25N3O/c1-11-6-7-19(13(3)8-11)10-16(20)18-15-5-4-14(17)9-12(15)2/h4-5,9,11,13H,6-8,10,17H2,1-3H3,(H,18,20). The topological polar surface area (TPSA) is 58.4 Å². The van der Waals surface area contributed by atoms with Crippen LogP contribution < -0.4 is 11.1 Å². The van der Waals surface area contributed by atoms with Gasteiger partial charge in [-0.05, 0) is 62.9 Å². The van der Waals surface area contributed by atoms with Crippen LogP contribution in [0.2, 0.25) is 0 Å². The lowest BCUT2D eigenvalue weighted by Crippen LogP contribution is -2.44. The Kier molecular flexibility index (Phi) is 4.65. The van der Waals surface area contributed by atoms with E-state index in [9.17, 15) is 4.79 Å². The zero-order chi connectivity index (χ0) is 14.7. The Balaban J connectivity index is 1.92. The van der Waals surface area contributed by atoms with Crippen LogP contribution in [0, 0.1) is 12.8 Å². The van der Waals surface area contributed by atoms with Crippen molar-refractivity contribution >= 4 is 17.3 Å². The van der Waals surface area contributed by atoms with Gasteiger partial charge in [0.2, 0.25) is 5.91 Å². The van der Waals surface area contributed by atoms with Crippen molar-refractivity contribution in [3.05, 3.63) is 23.8 Å². The number of benzene rings is 1. The molecule has 1 aliphatic rings. The van der Waals surface area contributed by atoms with Gasteiger partial charge >= 0.3 is 0 Å². The van der Waals surface area contributed by atoms with Crippen molar-refractivity contribution < 1.29 is 4.79 Å². The van der Waals surface area contributed by atoms with Gasteiger partial charge < -0.3 is 11.1 Å². The van der Waals surface area contributed by atoms with E-state index in [-0.39, 0.29) is 5.91 Å². The number of carbonyl (C=O) groups excluding carboxylic acids is 1. The van der Waals surface area contributed by atoms with Gasteiger partial charge in [0.25, 0.3) is 0 Å². The highest BCUT2D eigenvalue weighted by Crippen LogP contribution is 2.22. The number of likely N-dealkylation sites (tertiary alicyclic amines) is 1. The maximum absolute atomic E-state index is 12.2. The Bertz CT molecular complexity index is 487. The minimum Gasteiger partial charge on any atom is -0.399 e. The molecule has 2 unspecified atom stereocenters. The van der Waals surface area contributed by atoms with Crippen molar-refractivity contribution in [2.24, 2.45) is 5.92 Å². The van der Waals surface area contributed by atoms with Crippen LogP contribution in [0.1, 0.15) is 32.3 Å². The molecule has 1 aromatic carbocycles. The van der Waals surface area contributed by atoms with E-state index in [0.717, 1.165) is 29.4 Å². The largest absolute Gasteiger partial charge is 0.399 e. The molecule has 0 aromatic heterocycles. The molecule has 20 heavy (non-hydrogen) atoms. The number of piperidine rings is 1. The van der Waals surface area contributed by atoms with Gasteiger partial charge in [-0.1, -0.05) is 6.92 Å². The third-order valence-corrected chi connectivity index (χ3v) is 4.15. The van der Waals surface area contributed by atoms with E-state index in [1.807, 2.05) is 25.1 Å². The van der Waals surface area contributed by atoms with E-state index in [0.29, 0.717) is 12.6 Å². The van der Waals surface area contributed by atoms with E-state index in [4.69, 9.17) is 5.73 Å². The second-order valence-electron chi connectivity index (χ2n) is 6.07. The Morgan fingerprint density at radius 1 is 1.45 bits per heavy atom. The number of hydrogen-bond donors (Lipinski definition) is 2. The average Bonchev–Trinajstić information content (AvgIpc) is 2.36. The van der Waals surface area contributed by atoms with Crippen molar-refractivity contribution in [3.8, 4) is 0 Å². The Morgan fingerprint density at radius 3 is 2.85 bits per heavy atom. The first-order valence-electron chi connectivity index (χ1n) is 7.35. The van der Waals surface area contributed by atoms with Gasteiger partial charge in [0.15, 0.2) is 0 Å². The maximum Gasteiger partial charge on any atom is 0.238 e. The summed E-state index contributed by atoms with van der Waals surface area (Å²) in [7, 11) is 0. The zero-order valence-corrected chi connectivity index (χ0v) is 12.6. The fraction of sp³-hybridized carbons (Fsp3) is 0.562. The third kappa shape index (κ3) is 3.73. The third-order valence-electron chi connectivity index (χ3n) is 4.15. The number of nitrogens with zero attached hydrogens (tertiary/aromatic N) is 1. The lowest BCUT2D eigenvalue weighted by atomic mass is 9.93. The molecule has 0 bridgehead atoms. The fourth-order valence-electron chi connectivity index (χ4n) is 2.89. The minimum atomic E-state index is 0.0549. The number of carbonyl (C=O) groups is 1. The molecule has 110 valence electrons. The summed E-state index contributed by atoms with van der Waals surface area (Å²) in [5.74, 6) is 0.822. The number of anilines is 2. The molecular weight excluding hydrogens is 250 g/mol. The van der Waals surface area contributed by atoms with Crippen molar-refractivity contribution in [2.45, 2.75) is 39.7 Å². The van der Waals surface area contributed by atoms with Crippen molar-refractivity contribution in [2.75, 3.05) is 24.1 Å². The molecule has 2 atom stereocenters. The van der Waals surface area contributed by atoms with E-state index in [1.54, 1.807) is 0 Å². The molecular formula is C16H25N3O. The van der Waals surface area contributed by atoms with Crippen LogP contribution in [0.25, 0.3) is 0 Å². The molecule has 1 amide bonds. The van der Waals surface area contributed by atoms with Crippen LogP contribution in [0.3, 0.4) is 0 Å². The molecule has 1 saturated heterocycles. The molecule has 1 aliphatic heterocycles. The van der Waals surface area contributed by atoms with E-state index >= 15 is 0 Å². The van der Waals surface area contributed by atoms with Crippen LogP contribution >= 0.6 is 0 Å². The number of nitrogen functional groups attached to an aromatic ring is 1. The Morgan fingerprint density at radius 2 is 2.20 bits per heavy atom. The monoisotopic (exact) mass is 275 g/mol. The van der Waals surface area contributed by atoms with Crippen LogP contribution in [0.15, 0.2) is 18.2 Å². The summed E-state index contributed by atoms with van der Waals surface area (Å²) in [4.78, 5) is 14.4. The smallest absolute Gasteiger partial charge is 0.238 e. The predicted molar refractivity (Wildman–Crippen MR) is 83.7 cm³/mol. The molecule has 0 radical (unpaired) electrons. The summed E-state index contributed by atoms with van der Waals surface area (Å²) in [5, 5.41) is 2.98. The number of hydrogen-bond acceptors (Lipinski definition) is 3. The predicted octanol–water partition coefficient (Wildman–Crippen LogP) is 2.64. The lowest BCUT2D eigenvalue weighted by Gasteiger charge is -2.35. The number of amides is 1. The number of nitrogens with one attached hydrogen (secondary N) is 1. The van der Waals surface area contributed by atoms with E-state index < -0.39 is 0 Å². The first-order chi connectivity index (χ1) is 9.45. The molecule has 1 aromatic rings. The summed E-state index contributed by atoms with van der Waals surface area (Å²) < 4.78 is 0. The number of rotatable bonds is 3. The summed E-state index contributed by atoms with van der Waals surface area (Å²) in [6.07, 6.45) is 2.35. The van der Waals surface area contributed by atoms with Crippen LogP contribution in [0.5, 0.6) is 0 Å². The highest BCUT2D eigenvalue weighted by molar-refractivity contribution is 5.93. The van der Waals surface area contributed by atoms with Crippen molar-refractivity contribution in [1.29, 1.82) is 0 Å². The quantitative estimate of drug-likeness (QED) is 0.834. The molecule has 0 aliphatic carbocycles. The zero-order valence-electron chi connectivity index (χ0n) is 12.6. The minimum absolute atomic E-state index is 0.0549. The SMILES string of the molecule is Cc1cc(N)ccc1NC(=O)CN1CCC(C)CC1C. The van der Waals surface area contributed by atoms with Gasteiger partial charge in [-0.25, -0.2) is 0 Å². The molecule has 4 heteroatoms. The van der Waals surface area contributed by atoms with Gasteiger partial charge in [-0.2, -0.15) is 0 Å². The summed E-state index contributed by atoms with van der Waals surface area (Å²) in [6.45, 7) is 7.92. The molecule has 1 fully saturated rings. The van der Waals surface area contributed by atoms with Gasteiger partial charge in [-0.3, -0.25) is 9.69 Å². The molecule has 0 spiro atoms. The van der Waals surface area contributed by atoms with E-state index in [1.165, 1.54) is 12.8 Å². The average molecular weight is 275 g/mol. The normalized spacial score (nSPS) is 23.6. The van der Waals surface area contributed by atoms with Crippen LogP contribution in [-0.2, 0) is 4.79 Å². The highest BCUT2D eigenvalue weighted by atomic mass is 16.2. The highest BCUT2D eigenvalue weighted by Gasteiger charge is 2.24. The Hall–Kier alpha value is -1.55.